The lowest BCUT2D eigenvalue weighted by molar-refractivity contribution is -0.118. The molecule has 2 rings (SSSR count). The molecule has 0 saturated carbocycles. The fourth-order valence-corrected chi connectivity index (χ4v) is 3.65. The fraction of sp³-hybridized carbons (Fsp3) is 0.571. The van der Waals surface area contributed by atoms with E-state index in [4.69, 9.17) is 10.5 Å². The molecule has 0 spiro atoms. The summed E-state index contributed by atoms with van der Waals surface area (Å²) in [6.45, 7) is 0.165. The molecule has 1 unspecified atom stereocenters. The second-order valence-electron chi connectivity index (χ2n) is 4.93. The van der Waals surface area contributed by atoms with Crippen LogP contribution in [-0.2, 0) is 22.4 Å². The van der Waals surface area contributed by atoms with Crippen LogP contribution in [0.3, 0.4) is 0 Å². The molecule has 0 bridgehead atoms. The number of ether oxygens (including phenoxy) is 1. The first kappa shape index (κ1) is 15.0. The third-order valence-corrected chi connectivity index (χ3v) is 4.66. The SMILES string of the molecule is COCC(N)C(=O)Nc1sc2c(c1C#N)CCCCC2. The molecule has 0 aliphatic heterocycles. The number of nitriles is 1. The van der Waals surface area contributed by atoms with E-state index in [2.05, 4.69) is 11.4 Å². The average Bonchev–Trinajstić information content (AvgIpc) is 2.60. The number of methoxy groups -OCH3 is 1. The van der Waals surface area contributed by atoms with Crippen molar-refractivity contribution in [3.8, 4) is 6.07 Å². The van der Waals surface area contributed by atoms with E-state index in [1.165, 1.54) is 29.7 Å². The van der Waals surface area contributed by atoms with Crippen molar-refractivity contribution >= 4 is 22.2 Å². The average molecular weight is 293 g/mol. The zero-order valence-electron chi connectivity index (χ0n) is 11.6. The van der Waals surface area contributed by atoms with Gasteiger partial charge in [0.25, 0.3) is 0 Å². The number of fused-ring (bicyclic) bond motifs is 1. The zero-order valence-corrected chi connectivity index (χ0v) is 12.4. The Labute approximate surface area is 122 Å². The van der Waals surface area contributed by atoms with Crippen molar-refractivity contribution in [2.75, 3.05) is 19.0 Å². The van der Waals surface area contributed by atoms with Gasteiger partial charge in [-0.05, 0) is 31.2 Å². The second-order valence-corrected chi connectivity index (χ2v) is 6.04. The lowest BCUT2D eigenvalue weighted by Gasteiger charge is -2.10. The number of aryl methyl sites for hydroxylation is 1. The summed E-state index contributed by atoms with van der Waals surface area (Å²) in [6.07, 6.45) is 5.38. The van der Waals surface area contributed by atoms with Crippen LogP contribution in [0.2, 0.25) is 0 Å². The highest BCUT2D eigenvalue weighted by atomic mass is 32.1. The Morgan fingerprint density at radius 3 is 2.95 bits per heavy atom. The predicted molar refractivity (Wildman–Crippen MR) is 78.8 cm³/mol. The maximum absolute atomic E-state index is 11.9. The van der Waals surface area contributed by atoms with Crippen LogP contribution in [0.1, 0.15) is 35.3 Å². The van der Waals surface area contributed by atoms with Crippen LogP contribution >= 0.6 is 11.3 Å². The number of rotatable bonds is 4. The first-order chi connectivity index (χ1) is 9.67. The maximum atomic E-state index is 11.9. The number of carbonyl (C=O) groups is 1. The number of hydrogen-bond acceptors (Lipinski definition) is 5. The summed E-state index contributed by atoms with van der Waals surface area (Å²) >= 11 is 1.51. The van der Waals surface area contributed by atoms with Crippen molar-refractivity contribution in [1.82, 2.24) is 0 Å². The molecule has 1 aromatic heterocycles. The summed E-state index contributed by atoms with van der Waals surface area (Å²) in [5.41, 5.74) is 7.43. The Kier molecular flexibility index (Phi) is 5.12. The molecular formula is C14H19N3O2S. The van der Waals surface area contributed by atoms with Crippen molar-refractivity contribution in [1.29, 1.82) is 5.26 Å². The van der Waals surface area contributed by atoms with E-state index in [9.17, 15) is 10.1 Å². The minimum Gasteiger partial charge on any atom is -0.383 e. The number of nitrogens with one attached hydrogen (secondary N) is 1. The van der Waals surface area contributed by atoms with Gasteiger partial charge in [0.2, 0.25) is 5.91 Å². The molecule has 0 saturated heterocycles. The first-order valence-electron chi connectivity index (χ1n) is 6.77. The molecule has 0 aromatic carbocycles. The normalized spacial score (nSPS) is 15.8. The number of carbonyl (C=O) groups excluding carboxylic acids is 1. The number of nitrogens with two attached hydrogens (primary N) is 1. The van der Waals surface area contributed by atoms with Crippen LogP contribution < -0.4 is 11.1 Å². The van der Waals surface area contributed by atoms with Gasteiger partial charge in [0, 0.05) is 12.0 Å². The summed E-state index contributed by atoms with van der Waals surface area (Å²) in [5, 5.41) is 12.8. The Morgan fingerprint density at radius 2 is 2.25 bits per heavy atom. The molecule has 0 fully saturated rings. The van der Waals surface area contributed by atoms with E-state index < -0.39 is 6.04 Å². The van der Waals surface area contributed by atoms with Crippen molar-refractivity contribution in [3.63, 3.8) is 0 Å². The molecule has 20 heavy (non-hydrogen) atoms. The van der Waals surface area contributed by atoms with E-state index in [0.717, 1.165) is 31.2 Å². The fourth-order valence-electron chi connectivity index (χ4n) is 2.41. The van der Waals surface area contributed by atoms with Crippen molar-refractivity contribution in [2.24, 2.45) is 5.73 Å². The van der Waals surface area contributed by atoms with E-state index in [0.29, 0.717) is 10.6 Å². The minimum atomic E-state index is -0.714. The maximum Gasteiger partial charge on any atom is 0.244 e. The molecule has 1 aromatic rings. The van der Waals surface area contributed by atoms with Gasteiger partial charge in [0.15, 0.2) is 0 Å². The van der Waals surface area contributed by atoms with E-state index in [1.807, 2.05) is 0 Å². The molecule has 108 valence electrons. The lowest BCUT2D eigenvalue weighted by atomic mass is 10.1. The van der Waals surface area contributed by atoms with Crippen molar-refractivity contribution in [2.45, 2.75) is 38.1 Å². The number of nitrogens with zero attached hydrogens (tertiary/aromatic N) is 1. The van der Waals surface area contributed by atoms with Gasteiger partial charge in [-0.1, -0.05) is 6.42 Å². The highest BCUT2D eigenvalue weighted by molar-refractivity contribution is 7.16. The summed E-state index contributed by atoms with van der Waals surface area (Å²) in [7, 11) is 1.50. The second kappa shape index (κ2) is 6.84. The molecule has 5 nitrogen and oxygen atoms in total. The highest BCUT2D eigenvalue weighted by Crippen LogP contribution is 2.36. The largest absolute Gasteiger partial charge is 0.383 e. The number of hydrogen-bond donors (Lipinski definition) is 2. The molecule has 1 atom stereocenters. The first-order valence-corrected chi connectivity index (χ1v) is 7.59. The van der Waals surface area contributed by atoms with Crippen LogP contribution in [0.4, 0.5) is 5.00 Å². The smallest absolute Gasteiger partial charge is 0.244 e. The third-order valence-electron chi connectivity index (χ3n) is 3.45. The summed E-state index contributed by atoms with van der Waals surface area (Å²) in [4.78, 5) is 13.2. The predicted octanol–water partition coefficient (Wildman–Crippen LogP) is 1.80. The Hall–Kier alpha value is -1.42. The number of anilines is 1. The van der Waals surface area contributed by atoms with Gasteiger partial charge in [-0.3, -0.25) is 4.79 Å². The van der Waals surface area contributed by atoms with Gasteiger partial charge in [0.05, 0.1) is 12.2 Å². The van der Waals surface area contributed by atoms with Gasteiger partial charge in [-0.15, -0.1) is 11.3 Å². The van der Waals surface area contributed by atoms with Crippen LogP contribution in [-0.4, -0.2) is 25.7 Å². The van der Waals surface area contributed by atoms with E-state index in [1.54, 1.807) is 0 Å². The van der Waals surface area contributed by atoms with Gasteiger partial charge < -0.3 is 15.8 Å². The molecule has 3 N–H and O–H groups in total. The Balaban J connectivity index is 2.20. The van der Waals surface area contributed by atoms with Gasteiger partial charge >= 0.3 is 0 Å². The quantitative estimate of drug-likeness (QED) is 0.829. The Bertz CT molecular complexity index is 533. The molecular weight excluding hydrogens is 274 g/mol. The van der Waals surface area contributed by atoms with E-state index >= 15 is 0 Å². The summed E-state index contributed by atoms with van der Waals surface area (Å²) in [6, 6.07) is 1.52. The van der Waals surface area contributed by atoms with E-state index in [-0.39, 0.29) is 12.5 Å². The van der Waals surface area contributed by atoms with Gasteiger partial charge in [-0.25, -0.2) is 0 Å². The number of amides is 1. The monoisotopic (exact) mass is 293 g/mol. The van der Waals surface area contributed by atoms with Crippen molar-refractivity contribution < 1.29 is 9.53 Å². The van der Waals surface area contributed by atoms with Crippen LogP contribution in [0.5, 0.6) is 0 Å². The summed E-state index contributed by atoms with van der Waals surface area (Å²) < 4.78 is 4.87. The standard InChI is InChI=1S/C14H19N3O2S/c1-19-8-11(16)13(18)17-14-10(7-15)9-5-3-2-4-6-12(9)20-14/h11H,2-6,8,16H2,1H3,(H,17,18). The third kappa shape index (κ3) is 3.18. The van der Waals surface area contributed by atoms with Crippen LogP contribution in [0.15, 0.2) is 0 Å². The lowest BCUT2D eigenvalue weighted by Crippen LogP contribution is -2.39. The molecule has 0 radical (unpaired) electrons. The van der Waals surface area contributed by atoms with Crippen molar-refractivity contribution in [3.05, 3.63) is 16.0 Å². The molecule has 1 heterocycles. The topological polar surface area (TPSA) is 88.1 Å². The van der Waals surface area contributed by atoms with Gasteiger partial charge in [-0.2, -0.15) is 5.26 Å². The minimum absolute atomic E-state index is 0.165. The van der Waals surface area contributed by atoms with Crippen LogP contribution in [0, 0.1) is 11.3 Å². The highest BCUT2D eigenvalue weighted by Gasteiger charge is 2.22. The molecule has 6 heteroatoms. The van der Waals surface area contributed by atoms with Gasteiger partial charge in [0.1, 0.15) is 17.1 Å². The molecule has 1 aliphatic carbocycles. The van der Waals surface area contributed by atoms with Crippen LogP contribution in [0.25, 0.3) is 0 Å². The Morgan fingerprint density at radius 1 is 1.50 bits per heavy atom. The summed E-state index contributed by atoms with van der Waals surface area (Å²) in [5.74, 6) is -0.306. The zero-order chi connectivity index (χ0) is 14.5. The number of thiophene rings is 1. The molecule has 1 aliphatic rings. The molecule has 1 amide bonds.